The molecule has 1 aliphatic rings. The van der Waals surface area contributed by atoms with Crippen molar-refractivity contribution in [2.75, 3.05) is 13.2 Å². The molecule has 1 unspecified atom stereocenters. The first-order chi connectivity index (χ1) is 10.0. The molecule has 5 nitrogen and oxygen atoms in total. The summed E-state index contributed by atoms with van der Waals surface area (Å²) in [5.74, 6) is 0.248. The summed E-state index contributed by atoms with van der Waals surface area (Å²) in [6.07, 6.45) is 5.21. The van der Waals surface area contributed by atoms with E-state index in [1.54, 1.807) is 0 Å². The van der Waals surface area contributed by atoms with Gasteiger partial charge in [0.2, 0.25) is 5.91 Å². The molecule has 21 heavy (non-hydrogen) atoms. The van der Waals surface area contributed by atoms with Crippen LogP contribution in [0.1, 0.15) is 49.1 Å². The van der Waals surface area contributed by atoms with Gasteiger partial charge >= 0.3 is 0 Å². The minimum Gasteiger partial charge on any atom is -0.396 e. The van der Waals surface area contributed by atoms with E-state index in [1.807, 2.05) is 23.6 Å². The van der Waals surface area contributed by atoms with Crippen LogP contribution in [0.2, 0.25) is 0 Å². The zero-order chi connectivity index (χ0) is 15.4. The van der Waals surface area contributed by atoms with Crippen molar-refractivity contribution in [3.63, 3.8) is 0 Å². The van der Waals surface area contributed by atoms with Gasteiger partial charge in [-0.25, -0.2) is 0 Å². The molecule has 0 bridgehead atoms. The number of amides is 1. The molecule has 2 heterocycles. The molecule has 1 fully saturated rings. The van der Waals surface area contributed by atoms with Gasteiger partial charge in [0.15, 0.2) is 0 Å². The third-order valence-corrected chi connectivity index (χ3v) is 4.64. The average Bonchev–Trinajstić information content (AvgIpc) is 3.01. The lowest BCUT2D eigenvalue weighted by Crippen LogP contribution is -2.35. The minimum absolute atomic E-state index is 0.215. The largest absolute Gasteiger partial charge is 0.396 e. The molecule has 1 aliphatic heterocycles. The number of likely N-dealkylation sites (tertiary alicyclic amines) is 1. The van der Waals surface area contributed by atoms with Crippen LogP contribution in [0, 0.1) is 13.8 Å². The van der Waals surface area contributed by atoms with Crippen LogP contribution in [-0.2, 0) is 18.3 Å². The van der Waals surface area contributed by atoms with Gasteiger partial charge in [-0.2, -0.15) is 5.10 Å². The maximum atomic E-state index is 12.5. The van der Waals surface area contributed by atoms with Gasteiger partial charge in [-0.05, 0) is 51.5 Å². The second-order valence-corrected chi connectivity index (χ2v) is 6.02. The predicted octanol–water partition coefficient (Wildman–Crippen LogP) is 1.73. The number of aryl methyl sites for hydroxylation is 2. The van der Waals surface area contributed by atoms with Gasteiger partial charge in [0, 0.05) is 38.4 Å². The maximum Gasteiger partial charge on any atom is 0.223 e. The average molecular weight is 293 g/mol. The molecular formula is C16H27N3O2. The fourth-order valence-corrected chi connectivity index (χ4v) is 3.35. The molecule has 1 N–H and O–H groups in total. The first-order valence-electron chi connectivity index (χ1n) is 7.94. The van der Waals surface area contributed by atoms with Crippen molar-refractivity contribution in [2.45, 2.75) is 58.4 Å². The van der Waals surface area contributed by atoms with E-state index in [2.05, 4.69) is 12.0 Å². The molecule has 0 aromatic carbocycles. The summed E-state index contributed by atoms with van der Waals surface area (Å²) in [5, 5.41) is 13.4. The van der Waals surface area contributed by atoms with Gasteiger partial charge in [-0.15, -0.1) is 0 Å². The number of hydrogen-bond acceptors (Lipinski definition) is 3. The molecule has 0 saturated carbocycles. The highest BCUT2D eigenvalue weighted by Crippen LogP contribution is 2.23. The quantitative estimate of drug-likeness (QED) is 0.869. The monoisotopic (exact) mass is 293 g/mol. The summed E-state index contributed by atoms with van der Waals surface area (Å²) >= 11 is 0. The van der Waals surface area contributed by atoms with Crippen LogP contribution in [0.15, 0.2) is 0 Å². The highest BCUT2D eigenvalue weighted by Gasteiger charge is 2.28. The van der Waals surface area contributed by atoms with Gasteiger partial charge in [-0.1, -0.05) is 0 Å². The van der Waals surface area contributed by atoms with Crippen LogP contribution in [0.3, 0.4) is 0 Å². The summed E-state index contributed by atoms with van der Waals surface area (Å²) in [5.41, 5.74) is 3.39. The summed E-state index contributed by atoms with van der Waals surface area (Å²) in [6, 6.07) is 0.334. The number of hydrogen-bond donors (Lipinski definition) is 1. The normalized spacial score (nSPS) is 18.5. The van der Waals surface area contributed by atoms with Crippen molar-refractivity contribution in [2.24, 2.45) is 7.05 Å². The highest BCUT2D eigenvalue weighted by molar-refractivity contribution is 5.77. The molecule has 1 atom stereocenters. The molecule has 0 radical (unpaired) electrons. The second-order valence-electron chi connectivity index (χ2n) is 6.02. The minimum atomic E-state index is 0.215. The SMILES string of the molecule is Cc1nn(C)c(C)c1CCC(=O)N1CCCC1CCCO. The lowest BCUT2D eigenvalue weighted by Gasteiger charge is -2.24. The standard InChI is InChI=1S/C16H27N3O2/c1-12-15(13(2)18(3)17-12)8-9-16(21)19-10-4-6-14(19)7-5-11-20/h14,20H,4-11H2,1-3H3. The molecule has 118 valence electrons. The van der Waals surface area contributed by atoms with Crippen LogP contribution in [0.25, 0.3) is 0 Å². The van der Waals surface area contributed by atoms with E-state index in [1.165, 1.54) is 5.56 Å². The van der Waals surface area contributed by atoms with Crippen molar-refractivity contribution < 1.29 is 9.90 Å². The van der Waals surface area contributed by atoms with Gasteiger partial charge in [0.25, 0.3) is 0 Å². The number of rotatable bonds is 6. The molecule has 1 saturated heterocycles. The Hall–Kier alpha value is -1.36. The van der Waals surface area contributed by atoms with Crippen molar-refractivity contribution in [1.29, 1.82) is 0 Å². The number of carbonyl (C=O) groups excluding carboxylic acids is 1. The van der Waals surface area contributed by atoms with Crippen LogP contribution in [0.5, 0.6) is 0 Å². The van der Waals surface area contributed by atoms with Crippen molar-refractivity contribution in [3.8, 4) is 0 Å². The Morgan fingerprint density at radius 3 is 2.81 bits per heavy atom. The molecule has 0 aliphatic carbocycles. The van der Waals surface area contributed by atoms with E-state index in [0.29, 0.717) is 12.5 Å². The Labute approximate surface area is 126 Å². The van der Waals surface area contributed by atoms with E-state index in [9.17, 15) is 4.79 Å². The van der Waals surface area contributed by atoms with Gasteiger partial charge < -0.3 is 10.0 Å². The van der Waals surface area contributed by atoms with Crippen molar-refractivity contribution >= 4 is 5.91 Å². The molecule has 2 rings (SSSR count). The van der Waals surface area contributed by atoms with Crippen molar-refractivity contribution in [3.05, 3.63) is 17.0 Å². The Balaban J connectivity index is 1.92. The Morgan fingerprint density at radius 1 is 1.43 bits per heavy atom. The first-order valence-corrected chi connectivity index (χ1v) is 7.94. The zero-order valence-electron chi connectivity index (χ0n) is 13.4. The van der Waals surface area contributed by atoms with Crippen LogP contribution >= 0.6 is 0 Å². The third-order valence-electron chi connectivity index (χ3n) is 4.64. The van der Waals surface area contributed by atoms with E-state index in [0.717, 1.165) is 50.0 Å². The van der Waals surface area contributed by atoms with Crippen molar-refractivity contribution in [1.82, 2.24) is 14.7 Å². The molecule has 0 spiro atoms. The number of nitrogens with zero attached hydrogens (tertiary/aromatic N) is 3. The van der Waals surface area contributed by atoms with Gasteiger partial charge in [0.05, 0.1) is 5.69 Å². The smallest absolute Gasteiger partial charge is 0.223 e. The van der Waals surface area contributed by atoms with E-state index >= 15 is 0 Å². The van der Waals surface area contributed by atoms with E-state index < -0.39 is 0 Å². The first kappa shape index (κ1) is 16.0. The van der Waals surface area contributed by atoms with E-state index in [4.69, 9.17) is 5.11 Å². The lowest BCUT2D eigenvalue weighted by atomic mass is 10.1. The number of aromatic nitrogens is 2. The summed E-state index contributed by atoms with van der Waals surface area (Å²) in [7, 11) is 1.94. The zero-order valence-corrected chi connectivity index (χ0v) is 13.4. The fourth-order valence-electron chi connectivity index (χ4n) is 3.35. The molecular weight excluding hydrogens is 266 g/mol. The van der Waals surface area contributed by atoms with E-state index in [-0.39, 0.29) is 12.5 Å². The molecule has 1 amide bonds. The summed E-state index contributed by atoms with van der Waals surface area (Å²) in [4.78, 5) is 14.5. The fraction of sp³-hybridized carbons (Fsp3) is 0.750. The van der Waals surface area contributed by atoms with Crippen LogP contribution < -0.4 is 0 Å². The van der Waals surface area contributed by atoms with Crippen LogP contribution in [0.4, 0.5) is 0 Å². The Bertz CT molecular complexity index is 496. The third kappa shape index (κ3) is 3.64. The molecule has 1 aromatic rings. The Kier molecular flexibility index (Phi) is 5.39. The highest BCUT2D eigenvalue weighted by atomic mass is 16.3. The predicted molar refractivity (Wildman–Crippen MR) is 82.1 cm³/mol. The van der Waals surface area contributed by atoms with Gasteiger partial charge in [-0.3, -0.25) is 9.48 Å². The maximum absolute atomic E-state index is 12.5. The summed E-state index contributed by atoms with van der Waals surface area (Å²) < 4.78 is 1.88. The Morgan fingerprint density at radius 2 is 2.19 bits per heavy atom. The number of aliphatic hydroxyl groups is 1. The summed E-state index contributed by atoms with van der Waals surface area (Å²) in [6.45, 7) is 5.15. The number of aliphatic hydroxyl groups excluding tert-OH is 1. The second kappa shape index (κ2) is 7.07. The topological polar surface area (TPSA) is 58.4 Å². The molecule has 5 heteroatoms. The molecule has 1 aromatic heterocycles. The number of carbonyl (C=O) groups is 1. The lowest BCUT2D eigenvalue weighted by molar-refractivity contribution is -0.132. The van der Waals surface area contributed by atoms with Gasteiger partial charge in [0.1, 0.15) is 0 Å². The van der Waals surface area contributed by atoms with Crippen LogP contribution in [-0.4, -0.2) is 44.9 Å².